The van der Waals surface area contributed by atoms with Gasteiger partial charge < -0.3 is 5.11 Å². The van der Waals surface area contributed by atoms with Crippen LogP contribution < -0.4 is 0 Å². The number of hydrogen-bond donors (Lipinski definition) is 1. The molecular weight excluding hydrogens is 200 g/mol. The molecule has 0 aromatic heterocycles. The minimum atomic E-state index is -0.334. The van der Waals surface area contributed by atoms with E-state index in [1.165, 1.54) is 5.56 Å². The van der Waals surface area contributed by atoms with E-state index < -0.39 is 0 Å². The van der Waals surface area contributed by atoms with Crippen LogP contribution in [0.15, 0.2) is 18.2 Å². The van der Waals surface area contributed by atoms with Crippen LogP contribution >= 0.6 is 0 Å². The third-order valence-electron chi connectivity index (χ3n) is 4.22. The maximum atomic E-state index is 12.2. The van der Waals surface area contributed by atoms with Gasteiger partial charge in [-0.2, -0.15) is 0 Å². The average Bonchev–Trinajstić information content (AvgIpc) is 2.74. The number of hydrogen-bond acceptors (Lipinski definition) is 2. The molecule has 0 aliphatic heterocycles. The molecule has 0 saturated heterocycles. The molecule has 0 atom stereocenters. The van der Waals surface area contributed by atoms with Crippen molar-refractivity contribution in [2.24, 2.45) is 0 Å². The first-order valence-electron chi connectivity index (χ1n) is 6.09. The molecule has 1 spiro atoms. The third-order valence-corrected chi connectivity index (χ3v) is 4.22. The zero-order valence-electron chi connectivity index (χ0n) is 9.33. The van der Waals surface area contributed by atoms with Gasteiger partial charge in [0.2, 0.25) is 0 Å². The van der Waals surface area contributed by atoms with Crippen LogP contribution in [0.2, 0.25) is 0 Å². The van der Waals surface area contributed by atoms with Crippen LogP contribution in [0.1, 0.15) is 43.2 Å². The van der Waals surface area contributed by atoms with Crippen molar-refractivity contribution in [3.8, 4) is 5.75 Å². The highest BCUT2D eigenvalue weighted by Crippen LogP contribution is 2.49. The van der Waals surface area contributed by atoms with Crippen LogP contribution in [0.4, 0.5) is 0 Å². The minimum absolute atomic E-state index is 0.326. The average molecular weight is 216 g/mol. The van der Waals surface area contributed by atoms with Gasteiger partial charge in [0.15, 0.2) is 0 Å². The van der Waals surface area contributed by atoms with E-state index in [2.05, 4.69) is 6.07 Å². The van der Waals surface area contributed by atoms with Gasteiger partial charge in [0.05, 0.1) is 5.41 Å². The van der Waals surface area contributed by atoms with Gasteiger partial charge in [-0.1, -0.05) is 25.0 Å². The number of phenols is 1. The number of benzene rings is 1. The Balaban J connectivity index is 2.23. The summed E-state index contributed by atoms with van der Waals surface area (Å²) < 4.78 is 0. The molecule has 0 heterocycles. The summed E-state index contributed by atoms with van der Waals surface area (Å²) in [5.74, 6) is 0.673. The summed E-state index contributed by atoms with van der Waals surface area (Å²) in [5, 5.41) is 10.0. The molecule has 2 nitrogen and oxygen atoms in total. The van der Waals surface area contributed by atoms with Gasteiger partial charge in [-0.15, -0.1) is 0 Å². The molecule has 0 amide bonds. The maximum Gasteiger partial charge on any atom is 0.143 e. The molecule has 2 heteroatoms. The molecule has 1 N–H and O–H groups in total. The molecule has 1 aromatic carbocycles. The molecule has 0 radical (unpaired) electrons. The van der Waals surface area contributed by atoms with Crippen molar-refractivity contribution >= 4 is 5.78 Å². The normalized spacial score (nSPS) is 22.4. The third kappa shape index (κ3) is 1.16. The Morgan fingerprint density at radius 1 is 1.12 bits per heavy atom. The van der Waals surface area contributed by atoms with E-state index in [0.29, 0.717) is 18.0 Å². The number of Topliss-reactive ketones (excluding diaryl/α,β-unsaturated/α-hetero) is 1. The SMILES string of the molecule is O=C1CCc2cccc(O)c2C12CCCC2. The lowest BCUT2D eigenvalue weighted by Gasteiger charge is -2.34. The Labute approximate surface area is 95.3 Å². The smallest absolute Gasteiger partial charge is 0.143 e. The number of aromatic hydroxyl groups is 1. The number of fused-ring (bicyclic) bond motifs is 2. The first-order chi connectivity index (χ1) is 7.74. The summed E-state index contributed by atoms with van der Waals surface area (Å²) in [6.07, 6.45) is 5.52. The Bertz CT molecular complexity index is 442. The van der Waals surface area contributed by atoms with Gasteiger partial charge in [0.1, 0.15) is 11.5 Å². The van der Waals surface area contributed by atoms with Gasteiger partial charge in [0.25, 0.3) is 0 Å². The number of phenolic OH excluding ortho intramolecular Hbond substituents is 1. The number of carbonyl (C=O) groups is 1. The van der Waals surface area contributed by atoms with Crippen molar-refractivity contribution in [3.05, 3.63) is 29.3 Å². The predicted octanol–water partition coefficient (Wildman–Crippen LogP) is 2.72. The van der Waals surface area contributed by atoms with Gasteiger partial charge in [-0.25, -0.2) is 0 Å². The summed E-state index contributed by atoms with van der Waals surface area (Å²) in [4.78, 5) is 12.2. The lowest BCUT2D eigenvalue weighted by molar-refractivity contribution is -0.125. The topological polar surface area (TPSA) is 37.3 Å². The minimum Gasteiger partial charge on any atom is -0.508 e. The summed E-state index contributed by atoms with van der Waals surface area (Å²) in [7, 11) is 0. The Kier molecular flexibility index (Phi) is 2.06. The molecule has 1 fully saturated rings. The standard InChI is InChI=1S/C14H16O2/c15-11-5-3-4-10-6-7-12(16)14(13(10)11)8-1-2-9-14/h3-5,15H,1-2,6-9H2. The fraction of sp³-hybridized carbons (Fsp3) is 0.500. The van der Waals surface area contributed by atoms with Crippen molar-refractivity contribution < 1.29 is 9.90 Å². The largest absolute Gasteiger partial charge is 0.508 e. The van der Waals surface area contributed by atoms with E-state index in [1.807, 2.05) is 6.07 Å². The molecule has 3 rings (SSSR count). The fourth-order valence-electron chi connectivity index (χ4n) is 3.48. The van der Waals surface area contributed by atoms with Gasteiger partial charge in [-0.3, -0.25) is 4.79 Å². The van der Waals surface area contributed by atoms with E-state index in [0.717, 1.165) is 37.7 Å². The summed E-state index contributed by atoms with van der Waals surface area (Å²) >= 11 is 0. The lowest BCUT2D eigenvalue weighted by Crippen LogP contribution is -2.37. The highest BCUT2D eigenvalue weighted by atomic mass is 16.3. The maximum absolute atomic E-state index is 12.2. The second-order valence-electron chi connectivity index (χ2n) is 5.02. The highest BCUT2D eigenvalue weighted by Gasteiger charge is 2.46. The van der Waals surface area contributed by atoms with Gasteiger partial charge in [0, 0.05) is 12.0 Å². The quantitative estimate of drug-likeness (QED) is 0.724. The van der Waals surface area contributed by atoms with Crippen molar-refractivity contribution in [1.82, 2.24) is 0 Å². The monoisotopic (exact) mass is 216 g/mol. The van der Waals surface area contributed by atoms with Crippen molar-refractivity contribution in [1.29, 1.82) is 0 Å². The summed E-state index contributed by atoms with van der Waals surface area (Å²) in [6.45, 7) is 0. The predicted molar refractivity (Wildman–Crippen MR) is 61.6 cm³/mol. The van der Waals surface area contributed by atoms with E-state index in [9.17, 15) is 9.90 Å². The summed E-state index contributed by atoms with van der Waals surface area (Å²) in [6, 6.07) is 5.66. The van der Waals surface area contributed by atoms with E-state index in [1.54, 1.807) is 6.07 Å². The number of aryl methyl sites for hydroxylation is 1. The van der Waals surface area contributed by atoms with Crippen LogP contribution in [0.25, 0.3) is 0 Å². The van der Waals surface area contributed by atoms with Crippen LogP contribution in [0.3, 0.4) is 0 Å². The molecule has 1 saturated carbocycles. The molecule has 16 heavy (non-hydrogen) atoms. The Morgan fingerprint density at radius 2 is 1.88 bits per heavy atom. The highest BCUT2D eigenvalue weighted by molar-refractivity contribution is 5.93. The Hall–Kier alpha value is -1.31. The zero-order valence-corrected chi connectivity index (χ0v) is 9.33. The van der Waals surface area contributed by atoms with Crippen molar-refractivity contribution in [2.75, 3.05) is 0 Å². The van der Waals surface area contributed by atoms with Gasteiger partial charge in [-0.05, 0) is 30.9 Å². The van der Waals surface area contributed by atoms with Crippen LogP contribution in [-0.4, -0.2) is 10.9 Å². The molecule has 84 valence electrons. The number of ketones is 1. The molecule has 2 aliphatic carbocycles. The second kappa shape index (κ2) is 3.34. The van der Waals surface area contributed by atoms with Crippen LogP contribution in [0, 0.1) is 0 Å². The molecule has 0 unspecified atom stereocenters. The molecular formula is C14H16O2. The first-order valence-corrected chi connectivity index (χ1v) is 6.09. The Morgan fingerprint density at radius 3 is 2.62 bits per heavy atom. The zero-order chi connectivity index (χ0) is 11.2. The number of rotatable bonds is 0. The van der Waals surface area contributed by atoms with Crippen LogP contribution in [-0.2, 0) is 16.6 Å². The fourth-order valence-corrected chi connectivity index (χ4v) is 3.48. The van der Waals surface area contributed by atoms with Crippen LogP contribution in [0.5, 0.6) is 5.75 Å². The molecule has 2 aliphatic rings. The second-order valence-corrected chi connectivity index (χ2v) is 5.02. The number of carbonyl (C=O) groups excluding carboxylic acids is 1. The van der Waals surface area contributed by atoms with E-state index in [4.69, 9.17) is 0 Å². The van der Waals surface area contributed by atoms with Crippen molar-refractivity contribution in [3.63, 3.8) is 0 Å². The van der Waals surface area contributed by atoms with E-state index >= 15 is 0 Å². The van der Waals surface area contributed by atoms with Gasteiger partial charge >= 0.3 is 0 Å². The molecule has 0 bridgehead atoms. The first kappa shape index (κ1) is 9.88. The summed E-state index contributed by atoms with van der Waals surface area (Å²) in [5.41, 5.74) is 1.80. The molecule has 1 aromatic rings. The van der Waals surface area contributed by atoms with Crippen molar-refractivity contribution in [2.45, 2.75) is 43.9 Å². The van der Waals surface area contributed by atoms with E-state index in [-0.39, 0.29) is 5.41 Å². The lowest BCUT2D eigenvalue weighted by atomic mass is 9.67.